The van der Waals surface area contributed by atoms with Gasteiger partial charge < -0.3 is 4.52 Å². The van der Waals surface area contributed by atoms with Crippen molar-refractivity contribution in [1.82, 2.24) is 34.7 Å². The van der Waals surface area contributed by atoms with Crippen molar-refractivity contribution in [3.05, 3.63) is 87.8 Å². The SMILES string of the molecule is Cc1ccccc1Cn1nnc2c(=O)n(Cc3nc(-c4ccc(C(F)(F)F)cc4)no3)cnc21. The van der Waals surface area contributed by atoms with E-state index in [1.165, 1.54) is 23.0 Å². The van der Waals surface area contributed by atoms with Crippen molar-refractivity contribution in [1.29, 1.82) is 0 Å². The highest BCUT2D eigenvalue weighted by Gasteiger charge is 2.30. The molecule has 0 spiro atoms. The number of aromatic nitrogens is 7. The molecule has 0 aliphatic carbocycles. The van der Waals surface area contributed by atoms with Crippen LogP contribution in [0.15, 0.2) is 64.2 Å². The van der Waals surface area contributed by atoms with Crippen LogP contribution in [-0.4, -0.2) is 34.7 Å². The highest BCUT2D eigenvalue weighted by molar-refractivity contribution is 5.67. The third-order valence-electron chi connectivity index (χ3n) is 5.32. The molecule has 9 nitrogen and oxygen atoms in total. The van der Waals surface area contributed by atoms with Gasteiger partial charge in [-0.1, -0.05) is 46.8 Å². The molecule has 12 heteroatoms. The predicted molar refractivity (Wildman–Crippen MR) is 114 cm³/mol. The van der Waals surface area contributed by atoms with E-state index >= 15 is 0 Å². The van der Waals surface area contributed by atoms with Crippen molar-refractivity contribution in [3.8, 4) is 11.4 Å². The molecule has 34 heavy (non-hydrogen) atoms. The second-order valence-electron chi connectivity index (χ2n) is 7.61. The lowest BCUT2D eigenvalue weighted by molar-refractivity contribution is -0.137. The zero-order chi connectivity index (χ0) is 23.9. The van der Waals surface area contributed by atoms with Gasteiger partial charge in [0.25, 0.3) is 5.56 Å². The summed E-state index contributed by atoms with van der Waals surface area (Å²) >= 11 is 0. The zero-order valence-electron chi connectivity index (χ0n) is 17.7. The number of halogens is 3. The van der Waals surface area contributed by atoms with Crippen LogP contribution in [0.2, 0.25) is 0 Å². The minimum Gasteiger partial charge on any atom is -0.337 e. The van der Waals surface area contributed by atoms with E-state index < -0.39 is 17.3 Å². The second kappa shape index (κ2) is 8.21. The molecule has 0 unspecified atom stereocenters. The Kier molecular flexibility index (Phi) is 5.19. The Balaban J connectivity index is 1.38. The smallest absolute Gasteiger partial charge is 0.337 e. The average Bonchev–Trinajstić information content (AvgIpc) is 3.44. The Morgan fingerprint density at radius 2 is 1.79 bits per heavy atom. The molecule has 3 heterocycles. The van der Waals surface area contributed by atoms with Crippen molar-refractivity contribution in [2.24, 2.45) is 0 Å². The summed E-state index contributed by atoms with van der Waals surface area (Å²) in [5.74, 6) is 0.195. The van der Waals surface area contributed by atoms with E-state index in [-0.39, 0.29) is 23.8 Å². The Morgan fingerprint density at radius 1 is 1.03 bits per heavy atom. The third kappa shape index (κ3) is 4.05. The van der Waals surface area contributed by atoms with Crippen molar-refractivity contribution in [3.63, 3.8) is 0 Å². The van der Waals surface area contributed by atoms with Gasteiger partial charge in [0, 0.05) is 5.56 Å². The fourth-order valence-electron chi connectivity index (χ4n) is 3.45. The summed E-state index contributed by atoms with van der Waals surface area (Å²) in [6, 6.07) is 12.2. The maximum Gasteiger partial charge on any atom is 0.416 e. The van der Waals surface area contributed by atoms with Crippen LogP contribution in [0.25, 0.3) is 22.6 Å². The van der Waals surface area contributed by atoms with Crippen molar-refractivity contribution in [2.75, 3.05) is 0 Å². The van der Waals surface area contributed by atoms with Crippen molar-refractivity contribution in [2.45, 2.75) is 26.2 Å². The molecule has 0 amide bonds. The molecule has 0 saturated carbocycles. The van der Waals surface area contributed by atoms with Gasteiger partial charge in [0.1, 0.15) is 12.9 Å². The summed E-state index contributed by atoms with van der Waals surface area (Å²) < 4.78 is 46.2. The first-order chi connectivity index (χ1) is 16.3. The summed E-state index contributed by atoms with van der Waals surface area (Å²) in [6.45, 7) is 2.32. The first-order valence-corrected chi connectivity index (χ1v) is 10.1. The van der Waals surface area contributed by atoms with Crippen LogP contribution in [0, 0.1) is 6.92 Å². The predicted octanol–water partition coefficient (Wildman–Crippen LogP) is 3.46. The average molecular weight is 467 g/mol. The van der Waals surface area contributed by atoms with E-state index in [4.69, 9.17) is 4.52 Å². The van der Waals surface area contributed by atoms with Crippen LogP contribution in [0.3, 0.4) is 0 Å². The molecule has 0 N–H and O–H groups in total. The highest BCUT2D eigenvalue weighted by Crippen LogP contribution is 2.30. The van der Waals surface area contributed by atoms with Crippen LogP contribution >= 0.6 is 0 Å². The molecule has 5 aromatic rings. The van der Waals surface area contributed by atoms with Gasteiger partial charge in [-0.15, -0.1) is 5.10 Å². The molecule has 0 atom stereocenters. The maximum atomic E-state index is 12.9. The zero-order valence-corrected chi connectivity index (χ0v) is 17.7. The topological polar surface area (TPSA) is 105 Å². The van der Waals surface area contributed by atoms with E-state index in [0.29, 0.717) is 17.8 Å². The van der Waals surface area contributed by atoms with E-state index in [9.17, 15) is 18.0 Å². The number of benzene rings is 2. The minimum atomic E-state index is -4.43. The van der Waals surface area contributed by atoms with E-state index in [0.717, 1.165) is 23.3 Å². The van der Waals surface area contributed by atoms with E-state index in [1.54, 1.807) is 4.68 Å². The Morgan fingerprint density at radius 3 is 2.53 bits per heavy atom. The van der Waals surface area contributed by atoms with Gasteiger partial charge in [-0.05, 0) is 30.2 Å². The first kappa shape index (κ1) is 21.5. The van der Waals surface area contributed by atoms with E-state index in [2.05, 4.69) is 25.4 Å². The number of rotatable bonds is 5. The fourth-order valence-corrected chi connectivity index (χ4v) is 3.45. The van der Waals surface area contributed by atoms with Crippen LogP contribution in [0.5, 0.6) is 0 Å². The number of hydrogen-bond donors (Lipinski definition) is 0. The fraction of sp³-hybridized carbons (Fsp3) is 0.182. The van der Waals surface area contributed by atoms with Gasteiger partial charge in [-0.25, -0.2) is 9.67 Å². The number of hydrogen-bond acceptors (Lipinski definition) is 7. The molecule has 0 aliphatic rings. The third-order valence-corrected chi connectivity index (χ3v) is 5.32. The van der Waals surface area contributed by atoms with Gasteiger partial charge in [-0.2, -0.15) is 18.2 Å². The lowest BCUT2D eigenvalue weighted by atomic mass is 10.1. The summed E-state index contributed by atoms with van der Waals surface area (Å²) in [5.41, 5.74) is 1.69. The highest BCUT2D eigenvalue weighted by atomic mass is 19.4. The molecule has 0 aliphatic heterocycles. The molecule has 172 valence electrons. The largest absolute Gasteiger partial charge is 0.416 e. The van der Waals surface area contributed by atoms with Crippen molar-refractivity contribution < 1.29 is 17.7 Å². The summed E-state index contributed by atoms with van der Waals surface area (Å²) in [7, 11) is 0. The monoisotopic (exact) mass is 467 g/mol. The lowest BCUT2D eigenvalue weighted by Gasteiger charge is -2.06. The molecule has 0 bridgehead atoms. The molecule has 0 fully saturated rings. The Hall–Kier alpha value is -4.35. The van der Waals surface area contributed by atoms with Gasteiger partial charge >= 0.3 is 6.18 Å². The summed E-state index contributed by atoms with van der Waals surface area (Å²) in [6.07, 6.45) is -3.10. The number of aryl methyl sites for hydroxylation is 1. The lowest BCUT2D eigenvalue weighted by Crippen LogP contribution is -2.21. The van der Waals surface area contributed by atoms with Crippen LogP contribution in [0.4, 0.5) is 13.2 Å². The number of alkyl halides is 3. The Labute approximate surface area is 189 Å². The van der Waals surface area contributed by atoms with Gasteiger partial charge in [0.15, 0.2) is 11.2 Å². The minimum absolute atomic E-state index is 0.0833. The van der Waals surface area contributed by atoms with Crippen molar-refractivity contribution >= 4 is 11.2 Å². The maximum absolute atomic E-state index is 12.9. The number of fused-ring (bicyclic) bond motifs is 1. The van der Waals surface area contributed by atoms with E-state index in [1.807, 2.05) is 31.2 Å². The quantitative estimate of drug-likeness (QED) is 0.390. The summed E-state index contributed by atoms with van der Waals surface area (Å²) in [4.78, 5) is 21.4. The normalized spacial score (nSPS) is 11.9. The Bertz CT molecular complexity index is 1530. The van der Waals surface area contributed by atoms with Gasteiger partial charge in [0.05, 0.1) is 12.1 Å². The molecule has 0 radical (unpaired) electrons. The standard InChI is InChI=1S/C22H16F3N7O2/c1-13-4-2-3-5-15(13)10-32-20-18(28-30-32)21(33)31(12-26-20)11-17-27-19(29-34-17)14-6-8-16(9-7-14)22(23,24)25/h2-9,12H,10-11H2,1H3. The van der Waals surface area contributed by atoms with Crippen LogP contribution in [-0.2, 0) is 19.3 Å². The summed E-state index contributed by atoms with van der Waals surface area (Å²) in [5, 5.41) is 11.8. The van der Waals surface area contributed by atoms with Gasteiger partial charge in [-0.3, -0.25) is 9.36 Å². The second-order valence-corrected chi connectivity index (χ2v) is 7.61. The molecule has 0 saturated heterocycles. The molecular weight excluding hydrogens is 451 g/mol. The molecular formula is C22H16F3N7O2. The molecule has 3 aromatic heterocycles. The van der Waals surface area contributed by atoms with Gasteiger partial charge in [0.2, 0.25) is 11.7 Å². The first-order valence-electron chi connectivity index (χ1n) is 10.1. The molecule has 2 aromatic carbocycles. The van der Waals surface area contributed by atoms with Crippen LogP contribution < -0.4 is 5.56 Å². The molecule has 5 rings (SSSR count). The van der Waals surface area contributed by atoms with Crippen LogP contribution in [0.1, 0.15) is 22.6 Å². The number of nitrogens with zero attached hydrogens (tertiary/aromatic N) is 7.